The highest BCUT2D eigenvalue weighted by Crippen LogP contribution is 2.30. The molecule has 0 atom stereocenters. The number of thiazole rings is 1. The fourth-order valence-corrected chi connectivity index (χ4v) is 3.90. The third kappa shape index (κ3) is 3.48. The van der Waals surface area contributed by atoms with Crippen molar-refractivity contribution >= 4 is 44.4 Å². The van der Waals surface area contributed by atoms with Gasteiger partial charge in [0, 0.05) is 4.90 Å². The number of fused-ring (bicyclic) bond motifs is 1. The molecule has 5 heteroatoms. The smallest absolute Gasteiger partial charge is 0.236 e. The summed E-state index contributed by atoms with van der Waals surface area (Å²) in [6.07, 6.45) is 0. The number of anilines is 1. The molecule has 112 valence electrons. The Labute approximate surface area is 137 Å². The first kappa shape index (κ1) is 15.1. The average molecular weight is 328 g/mol. The van der Waals surface area contributed by atoms with Crippen molar-refractivity contribution in [3.63, 3.8) is 0 Å². The van der Waals surface area contributed by atoms with Crippen molar-refractivity contribution in [3.05, 3.63) is 53.6 Å². The summed E-state index contributed by atoms with van der Waals surface area (Å²) in [5.41, 5.74) is 3.34. The Morgan fingerprint density at radius 2 is 2.00 bits per heavy atom. The zero-order valence-electron chi connectivity index (χ0n) is 12.4. The minimum absolute atomic E-state index is 0.0257. The van der Waals surface area contributed by atoms with Crippen LogP contribution in [0.5, 0.6) is 0 Å². The summed E-state index contributed by atoms with van der Waals surface area (Å²) in [6, 6.07) is 14.1. The van der Waals surface area contributed by atoms with Crippen LogP contribution >= 0.6 is 23.1 Å². The number of thioether (sulfide) groups is 1. The topological polar surface area (TPSA) is 42.0 Å². The molecule has 0 radical (unpaired) electrons. The number of rotatable bonds is 4. The fraction of sp³-hybridized carbons (Fsp3) is 0.176. The van der Waals surface area contributed by atoms with Gasteiger partial charge in [0.1, 0.15) is 0 Å². The number of aryl methyl sites for hydroxylation is 2. The minimum atomic E-state index is -0.0257. The van der Waals surface area contributed by atoms with Gasteiger partial charge in [0.05, 0.1) is 16.0 Å². The van der Waals surface area contributed by atoms with Gasteiger partial charge in [0.25, 0.3) is 0 Å². The molecular weight excluding hydrogens is 312 g/mol. The first-order valence-corrected chi connectivity index (χ1v) is 8.77. The second kappa shape index (κ2) is 6.50. The lowest BCUT2D eigenvalue weighted by Gasteiger charge is -2.01. The third-order valence-corrected chi connectivity index (χ3v) is 5.31. The monoisotopic (exact) mass is 328 g/mol. The second-order valence-corrected chi connectivity index (χ2v) is 7.15. The van der Waals surface area contributed by atoms with E-state index in [0.717, 1.165) is 15.1 Å². The van der Waals surface area contributed by atoms with Gasteiger partial charge >= 0.3 is 0 Å². The summed E-state index contributed by atoms with van der Waals surface area (Å²) >= 11 is 3.06. The second-order valence-electron chi connectivity index (χ2n) is 5.10. The molecule has 22 heavy (non-hydrogen) atoms. The van der Waals surface area contributed by atoms with Crippen molar-refractivity contribution in [2.24, 2.45) is 0 Å². The molecular formula is C17H16N2OS2. The Balaban J connectivity index is 1.68. The number of carbonyl (C=O) groups is 1. The van der Waals surface area contributed by atoms with E-state index in [0.29, 0.717) is 10.9 Å². The average Bonchev–Trinajstić information content (AvgIpc) is 2.89. The highest BCUT2D eigenvalue weighted by Gasteiger charge is 2.10. The zero-order chi connectivity index (χ0) is 15.5. The molecule has 0 fully saturated rings. The van der Waals surface area contributed by atoms with Gasteiger partial charge in [0.15, 0.2) is 5.13 Å². The molecule has 0 aliphatic heterocycles. The summed E-state index contributed by atoms with van der Waals surface area (Å²) in [5, 5.41) is 3.56. The Hall–Kier alpha value is -1.85. The van der Waals surface area contributed by atoms with E-state index in [4.69, 9.17) is 0 Å². The lowest BCUT2D eigenvalue weighted by Crippen LogP contribution is -2.13. The van der Waals surface area contributed by atoms with Crippen LogP contribution in [0.25, 0.3) is 10.2 Å². The largest absolute Gasteiger partial charge is 0.301 e. The van der Waals surface area contributed by atoms with E-state index >= 15 is 0 Å². The Morgan fingerprint density at radius 3 is 2.77 bits per heavy atom. The molecule has 0 aliphatic rings. The van der Waals surface area contributed by atoms with Crippen LogP contribution in [0.15, 0.2) is 47.4 Å². The Bertz CT molecular complexity index is 812. The van der Waals surface area contributed by atoms with Crippen molar-refractivity contribution in [3.8, 4) is 0 Å². The van der Waals surface area contributed by atoms with Crippen LogP contribution in [-0.2, 0) is 4.79 Å². The number of carbonyl (C=O) groups excluding carboxylic acids is 1. The lowest BCUT2D eigenvalue weighted by atomic mass is 10.1. The van der Waals surface area contributed by atoms with Crippen LogP contribution in [0, 0.1) is 13.8 Å². The highest BCUT2D eigenvalue weighted by atomic mass is 32.2. The molecule has 1 aromatic heterocycles. The normalized spacial score (nSPS) is 10.8. The summed E-state index contributed by atoms with van der Waals surface area (Å²) < 4.78 is 1.14. The van der Waals surface area contributed by atoms with E-state index in [1.165, 1.54) is 34.2 Å². The first-order valence-electron chi connectivity index (χ1n) is 6.97. The van der Waals surface area contributed by atoms with Gasteiger partial charge in [-0.05, 0) is 43.2 Å². The van der Waals surface area contributed by atoms with Gasteiger partial charge in [-0.3, -0.25) is 4.79 Å². The Morgan fingerprint density at radius 1 is 1.23 bits per heavy atom. The number of hydrogen-bond acceptors (Lipinski definition) is 4. The van der Waals surface area contributed by atoms with Gasteiger partial charge in [0.2, 0.25) is 5.91 Å². The van der Waals surface area contributed by atoms with Crippen molar-refractivity contribution in [1.29, 1.82) is 0 Å². The predicted octanol–water partition coefficient (Wildman–Crippen LogP) is 4.64. The fourth-order valence-electron chi connectivity index (χ4n) is 2.25. The third-order valence-electron chi connectivity index (χ3n) is 3.18. The van der Waals surface area contributed by atoms with E-state index in [-0.39, 0.29) is 5.91 Å². The van der Waals surface area contributed by atoms with Gasteiger partial charge in [-0.25, -0.2) is 4.98 Å². The van der Waals surface area contributed by atoms with Crippen LogP contribution < -0.4 is 5.32 Å². The van der Waals surface area contributed by atoms with Crippen LogP contribution in [0.3, 0.4) is 0 Å². The number of hydrogen-bond donors (Lipinski definition) is 1. The molecule has 3 rings (SSSR count). The molecule has 0 saturated carbocycles. The van der Waals surface area contributed by atoms with E-state index in [9.17, 15) is 4.79 Å². The lowest BCUT2D eigenvalue weighted by molar-refractivity contribution is -0.113. The Kier molecular flexibility index (Phi) is 4.45. The SMILES string of the molecule is Cc1cc(C)c2sc(NC(=O)CSc3ccccc3)nc2c1. The maximum atomic E-state index is 12.0. The molecule has 1 N–H and O–H groups in total. The molecule has 3 aromatic rings. The van der Waals surface area contributed by atoms with E-state index in [1.54, 1.807) is 0 Å². The summed E-state index contributed by atoms with van der Waals surface area (Å²) in [6.45, 7) is 4.13. The van der Waals surface area contributed by atoms with E-state index in [1.807, 2.05) is 36.4 Å². The number of amides is 1. The molecule has 1 heterocycles. The quantitative estimate of drug-likeness (QED) is 0.709. The number of benzene rings is 2. The molecule has 0 saturated heterocycles. The minimum Gasteiger partial charge on any atom is -0.301 e. The molecule has 3 nitrogen and oxygen atoms in total. The molecule has 0 bridgehead atoms. The van der Waals surface area contributed by atoms with Crippen molar-refractivity contribution in [2.75, 3.05) is 11.1 Å². The van der Waals surface area contributed by atoms with Gasteiger partial charge in [-0.15, -0.1) is 11.8 Å². The first-order chi connectivity index (χ1) is 10.6. The van der Waals surface area contributed by atoms with Crippen molar-refractivity contribution < 1.29 is 4.79 Å². The van der Waals surface area contributed by atoms with Crippen LogP contribution in [-0.4, -0.2) is 16.6 Å². The van der Waals surface area contributed by atoms with Gasteiger partial charge in [-0.1, -0.05) is 35.6 Å². The van der Waals surface area contributed by atoms with Gasteiger partial charge < -0.3 is 5.32 Å². The van der Waals surface area contributed by atoms with Crippen LogP contribution in [0.4, 0.5) is 5.13 Å². The van der Waals surface area contributed by atoms with Crippen molar-refractivity contribution in [1.82, 2.24) is 4.98 Å². The number of nitrogens with zero attached hydrogens (tertiary/aromatic N) is 1. The number of aromatic nitrogens is 1. The summed E-state index contributed by atoms with van der Waals surface area (Å²) in [7, 11) is 0. The maximum Gasteiger partial charge on any atom is 0.236 e. The molecule has 0 spiro atoms. The highest BCUT2D eigenvalue weighted by molar-refractivity contribution is 8.00. The summed E-state index contributed by atoms with van der Waals surface area (Å²) in [5.74, 6) is 0.361. The summed E-state index contributed by atoms with van der Waals surface area (Å²) in [4.78, 5) is 17.6. The molecule has 0 aliphatic carbocycles. The molecule has 2 aromatic carbocycles. The van der Waals surface area contributed by atoms with Crippen LogP contribution in [0.2, 0.25) is 0 Å². The predicted molar refractivity (Wildman–Crippen MR) is 94.9 cm³/mol. The molecule has 0 unspecified atom stereocenters. The zero-order valence-corrected chi connectivity index (χ0v) is 14.1. The standard InChI is InChI=1S/C17H16N2OS2/c1-11-8-12(2)16-14(9-11)18-17(22-16)19-15(20)10-21-13-6-4-3-5-7-13/h3-9H,10H2,1-2H3,(H,18,19,20). The van der Waals surface area contributed by atoms with E-state index < -0.39 is 0 Å². The van der Waals surface area contributed by atoms with E-state index in [2.05, 4.69) is 30.2 Å². The number of nitrogens with one attached hydrogen (secondary N) is 1. The van der Waals surface area contributed by atoms with Crippen LogP contribution in [0.1, 0.15) is 11.1 Å². The van der Waals surface area contributed by atoms with Gasteiger partial charge in [-0.2, -0.15) is 0 Å². The maximum absolute atomic E-state index is 12.0. The van der Waals surface area contributed by atoms with Crippen molar-refractivity contribution in [2.45, 2.75) is 18.7 Å². The molecule has 1 amide bonds.